The van der Waals surface area contributed by atoms with E-state index in [1.54, 1.807) is 18.9 Å². The van der Waals surface area contributed by atoms with Crippen LogP contribution in [0.1, 0.15) is 21.6 Å². The molecule has 9 heteroatoms. The molecule has 4 rings (SSSR count). The van der Waals surface area contributed by atoms with Crippen molar-refractivity contribution in [3.63, 3.8) is 0 Å². The van der Waals surface area contributed by atoms with Crippen LogP contribution in [-0.2, 0) is 10.5 Å². The molecular formula is C26H30ClN5O2S. The number of anilines is 2. The number of carbonyl (C=O) groups is 1. The number of aromatic nitrogens is 2. The molecule has 1 aromatic heterocycles. The zero-order valence-electron chi connectivity index (χ0n) is 20.0. The lowest BCUT2D eigenvalue weighted by Crippen LogP contribution is -2.47. The molecule has 1 aliphatic rings. The van der Waals surface area contributed by atoms with Gasteiger partial charge in [-0.25, -0.2) is 9.97 Å². The maximum absolute atomic E-state index is 12.3. The van der Waals surface area contributed by atoms with Gasteiger partial charge in [-0.05, 0) is 36.8 Å². The Bertz CT molecular complexity index is 1150. The van der Waals surface area contributed by atoms with Crippen LogP contribution in [0.2, 0.25) is 5.02 Å². The van der Waals surface area contributed by atoms with Crippen LogP contribution in [0, 0.1) is 6.92 Å². The van der Waals surface area contributed by atoms with E-state index < -0.39 is 0 Å². The zero-order valence-corrected chi connectivity index (χ0v) is 21.6. The van der Waals surface area contributed by atoms with Crippen LogP contribution in [-0.4, -0.2) is 62.3 Å². The zero-order chi connectivity index (χ0) is 24.6. The Morgan fingerprint density at radius 1 is 1.06 bits per heavy atom. The molecule has 0 aliphatic carbocycles. The molecule has 2 heterocycles. The van der Waals surface area contributed by atoms with Crippen molar-refractivity contribution in [1.82, 2.24) is 15.3 Å². The minimum atomic E-state index is -0.0982. The van der Waals surface area contributed by atoms with Gasteiger partial charge in [0.05, 0.1) is 17.3 Å². The van der Waals surface area contributed by atoms with Crippen LogP contribution in [0.3, 0.4) is 0 Å². The molecular weight excluding hydrogens is 482 g/mol. The number of amides is 1. The normalized spacial score (nSPS) is 13.7. The highest BCUT2D eigenvalue weighted by Crippen LogP contribution is 2.28. The van der Waals surface area contributed by atoms with Crippen molar-refractivity contribution in [2.24, 2.45) is 0 Å². The third-order valence-corrected chi connectivity index (χ3v) is 7.00. The number of thioether (sulfide) groups is 1. The number of methoxy groups -OCH3 is 1. The van der Waals surface area contributed by atoms with Gasteiger partial charge in [0.1, 0.15) is 5.82 Å². The Morgan fingerprint density at radius 2 is 1.83 bits per heavy atom. The Hall–Kier alpha value is -2.81. The molecule has 0 saturated carbocycles. The first-order valence-corrected chi connectivity index (χ1v) is 13.0. The number of nitrogens with zero attached hydrogens (tertiary/aromatic N) is 4. The van der Waals surface area contributed by atoms with Gasteiger partial charge in [-0.15, -0.1) is 0 Å². The number of ether oxygens (including phenoxy) is 1. The van der Waals surface area contributed by atoms with Crippen LogP contribution in [0.5, 0.6) is 0 Å². The van der Waals surface area contributed by atoms with Gasteiger partial charge in [-0.3, -0.25) is 4.79 Å². The number of rotatable bonds is 9. The molecule has 0 radical (unpaired) electrons. The van der Waals surface area contributed by atoms with Crippen LogP contribution in [0.4, 0.5) is 11.5 Å². The van der Waals surface area contributed by atoms with Crippen molar-refractivity contribution < 1.29 is 9.53 Å². The lowest BCUT2D eigenvalue weighted by molar-refractivity contribution is 0.0937. The summed E-state index contributed by atoms with van der Waals surface area (Å²) >= 11 is 7.97. The monoisotopic (exact) mass is 511 g/mol. The molecule has 0 spiro atoms. The van der Waals surface area contributed by atoms with E-state index in [0.717, 1.165) is 59.1 Å². The molecule has 0 bridgehead atoms. The summed E-state index contributed by atoms with van der Waals surface area (Å²) in [6.07, 6.45) is 0. The largest absolute Gasteiger partial charge is 0.383 e. The van der Waals surface area contributed by atoms with E-state index in [2.05, 4.69) is 26.2 Å². The van der Waals surface area contributed by atoms with Gasteiger partial charge in [-0.2, -0.15) is 0 Å². The molecule has 1 N–H and O–H groups in total. The van der Waals surface area contributed by atoms with Gasteiger partial charge in [0.2, 0.25) is 0 Å². The number of hydrogen-bond acceptors (Lipinski definition) is 7. The van der Waals surface area contributed by atoms with Gasteiger partial charge in [0, 0.05) is 62.9 Å². The van der Waals surface area contributed by atoms with Gasteiger partial charge >= 0.3 is 0 Å². The quantitative estimate of drug-likeness (QED) is 0.259. The highest BCUT2D eigenvalue weighted by atomic mass is 35.5. The molecule has 35 heavy (non-hydrogen) atoms. The molecule has 2 aromatic carbocycles. The molecule has 7 nitrogen and oxygen atoms in total. The lowest BCUT2D eigenvalue weighted by atomic mass is 10.1. The fraction of sp³-hybridized carbons (Fsp3) is 0.346. The topological polar surface area (TPSA) is 70.6 Å². The molecule has 1 saturated heterocycles. The van der Waals surface area contributed by atoms with E-state index in [-0.39, 0.29) is 5.91 Å². The lowest BCUT2D eigenvalue weighted by Gasteiger charge is -2.37. The number of benzene rings is 2. The minimum absolute atomic E-state index is 0.0982. The van der Waals surface area contributed by atoms with Crippen LogP contribution in [0.25, 0.3) is 0 Å². The first-order valence-electron chi connectivity index (χ1n) is 11.6. The summed E-state index contributed by atoms with van der Waals surface area (Å²) in [5.41, 5.74) is 3.71. The summed E-state index contributed by atoms with van der Waals surface area (Å²) in [5, 5.41) is 4.38. The van der Waals surface area contributed by atoms with Gasteiger partial charge in [-0.1, -0.05) is 47.6 Å². The van der Waals surface area contributed by atoms with Crippen molar-refractivity contribution in [2.45, 2.75) is 17.8 Å². The number of halogens is 1. The van der Waals surface area contributed by atoms with Crippen molar-refractivity contribution >= 4 is 40.8 Å². The Labute approximate surface area is 215 Å². The number of aryl methyl sites for hydroxylation is 1. The van der Waals surface area contributed by atoms with E-state index in [1.165, 1.54) is 0 Å². The predicted octanol–water partition coefficient (Wildman–Crippen LogP) is 4.43. The van der Waals surface area contributed by atoms with Gasteiger partial charge in [0.15, 0.2) is 5.16 Å². The summed E-state index contributed by atoms with van der Waals surface area (Å²) in [5.74, 6) is 1.53. The molecule has 1 aliphatic heterocycles. The Morgan fingerprint density at radius 3 is 2.60 bits per heavy atom. The summed E-state index contributed by atoms with van der Waals surface area (Å²) in [6.45, 7) is 6.48. The van der Waals surface area contributed by atoms with E-state index in [9.17, 15) is 4.79 Å². The Balaban J connectivity index is 1.37. The maximum atomic E-state index is 12.3. The van der Waals surface area contributed by atoms with E-state index in [1.807, 2.05) is 55.5 Å². The van der Waals surface area contributed by atoms with Crippen LogP contribution < -0.4 is 15.1 Å². The summed E-state index contributed by atoms with van der Waals surface area (Å²) < 4.78 is 4.99. The van der Waals surface area contributed by atoms with Gasteiger partial charge < -0.3 is 19.9 Å². The second kappa shape index (κ2) is 12.2. The van der Waals surface area contributed by atoms with E-state index >= 15 is 0 Å². The number of nitrogens with one attached hydrogen (secondary N) is 1. The minimum Gasteiger partial charge on any atom is -0.383 e. The van der Waals surface area contributed by atoms with Crippen LogP contribution >= 0.6 is 23.4 Å². The molecule has 0 unspecified atom stereocenters. The fourth-order valence-electron chi connectivity index (χ4n) is 3.96. The van der Waals surface area contributed by atoms with Crippen molar-refractivity contribution in [1.29, 1.82) is 0 Å². The summed E-state index contributed by atoms with van der Waals surface area (Å²) in [6, 6.07) is 17.7. The van der Waals surface area contributed by atoms with E-state index in [4.69, 9.17) is 21.3 Å². The number of hydrogen-bond donors (Lipinski definition) is 1. The average Bonchev–Trinajstić information content (AvgIpc) is 2.88. The number of para-hydroxylation sites is 1. The predicted molar refractivity (Wildman–Crippen MR) is 143 cm³/mol. The third kappa shape index (κ3) is 6.87. The smallest absolute Gasteiger partial charge is 0.251 e. The van der Waals surface area contributed by atoms with Crippen LogP contribution in [0.15, 0.2) is 59.8 Å². The Kier molecular flexibility index (Phi) is 8.84. The molecule has 1 amide bonds. The standard InChI is InChI=1S/C26H30ClN5O2S/c1-19-16-24(32-13-11-31(12-14-32)23-9-4-3-8-22(23)27)30-26(29-19)35-18-20-6-5-7-21(17-20)25(33)28-10-15-34-2/h3-9,16-17H,10-15,18H2,1-2H3,(H,28,33). The number of carbonyl (C=O) groups excluding carboxylic acids is 1. The molecule has 0 atom stereocenters. The van der Waals surface area contributed by atoms with Crippen molar-refractivity contribution in [3.05, 3.63) is 76.4 Å². The second-order valence-corrected chi connectivity index (χ2v) is 9.66. The molecule has 1 fully saturated rings. The average molecular weight is 512 g/mol. The fourth-order valence-corrected chi connectivity index (χ4v) is 5.05. The molecule has 184 valence electrons. The van der Waals surface area contributed by atoms with Gasteiger partial charge in [0.25, 0.3) is 5.91 Å². The maximum Gasteiger partial charge on any atom is 0.251 e. The summed E-state index contributed by atoms with van der Waals surface area (Å²) in [7, 11) is 1.61. The number of piperazine rings is 1. The second-order valence-electron chi connectivity index (χ2n) is 8.31. The third-order valence-electron chi connectivity index (χ3n) is 5.77. The summed E-state index contributed by atoms with van der Waals surface area (Å²) in [4.78, 5) is 26.4. The first kappa shape index (κ1) is 25.3. The van der Waals surface area contributed by atoms with Crippen molar-refractivity contribution in [2.75, 3.05) is 56.2 Å². The molecule has 3 aromatic rings. The first-order chi connectivity index (χ1) is 17.0. The van der Waals surface area contributed by atoms with Crippen molar-refractivity contribution in [3.8, 4) is 0 Å². The SMILES string of the molecule is COCCNC(=O)c1cccc(CSc2nc(C)cc(N3CCN(c4ccccc4Cl)CC3)n2)c1. The van der Waals surface area contributed by atoms with E-state index in [0.29, 0.717) is 24.5 Å². The highest BCUT2D eigenvalue weighted by Gasteiger charge is 2.20. The highest BCUT2D eigenvalue weighted by molar-refractivity contribution is 7.98.